The van der Waals surface area contributed by atoms with Crippen molar-refractivity contribution < 1.29 is 19.1 Å². The van der Waals surface area contributed by atoms with Gasteiger partial charge in [-0.15, -0.1) is 0 Å². The Bertz CT molecular complexity index is 1080. The molecule has 1 saturated heterocycles. The van der Waals surface area contributed by atoms with E-state index in [9.17, 15) is 9.59 Å². The Morgan fingerprint density at radius 1 is 1.19 bits per heavy atom. The van der Waals surface area contributed by atoms with E-state index in [0.717, 1.165) is 18.4 Å². The average Bonchev–Trinajstić information content (AvgIpc) is 2.78. The lowest BCUT2D eigenvalue weighted by molar-refractivity contribution is -0.122. The highest BCUT2D eigenvalue weighted by molar-refractivity contribution is 7.80. The third-order valence-electron chi connectivity index (χ3n) is 5.16. The Balaban J connectivity index is 1.99. The lowest BCUT2D eigenvalue weighted by Crippen LogP contribution is -2.54. The Labute approximate surface area is 198 Å². The second-order valence-corrected chi connectivity index (χ2v) is 8.14. The summed E-state index contributed by atoms with van der Waals surface area (Å²) < 4.78 is 11.3. The van der Waals surface area contributed by atoms with Crippen molar-refractivity contribution >= 4 is 52.5 Å². The van der Waals surface area contributed by atoms with Gasteiger partial charge in [-0.3, -0.25) is 19.8 Å². The number of aryl methyl sites for hydroxylation is 1. The van der Waals surface area contributed by atoms with Crippen LogP contribution in [0, 0.1) is 0 Å². The highest BCUT2D eigenvalue weighted by Crippen LogP contribution is 2.38. The maximum Gasteiger partial charge on any atom is 0.270 e. The first-order valence-electron chi connectivity index (χ1n) is 10.3. The van der Waals surface area contributed by atoms with Gasteiger partial charge in [0, 0.05) is 0 Å². The normalized spacial score (nSPS) is 16.2. The third-order valence-corrected chi connectivity index (χ3v) is 5.73. The molecule has 6 nitrogen and oxygen atoms in total. The van der Waals surface area contributed by atoms with E-state index in [-0.39, 0.29) is 16.8 Å². The molecule has 0 spiro atoms. The number of thiocarbonyl (C=S) groups is 1. The molecule has 2 aromatic carbocycles. The Hall–Kier alpha value is -2.90. The van der Waals surface area contributed by atoms with E-state index >= 15 is 0 Å². The number of benzene rings is 2. The van der Waals surface area contributed by atoms with Crippen molar-refractivity contribution in [3.8, 4) is 11.5 Å². The van der Waals surface area contributed by atoms with Gasteiger partial charge in [-0.05, 0) is 73.5 Å². The molecule has 1 atom stereocenters. The zero-order chi connectivity index (χ0) is 23.4. The van der Waals surface area contributed by atoms with Gasteiger partial charge in [0.05, 0.1) is 23.9 Å². The number of anilines is 1. The number of methoxy groups -OCH3 is 1. The van der Waals surface area contributed by atoms with Crippen LogP contribution in [0.15, 0.2) is 42.0 Å². The minimum Gasteiger partial charge on any atom is -0.493 e. The van der Waals surface area contributed by atoms with E-state index in [2.05, 4.69) is 5.32 Å². The Morgan fingerprint density at radius 2 is 1.88 bits per heavy atom. The maximum atomic E-state index is 13.2. The third kappa shape index (κ3) is 4.95. The lowest BCUT2D eigenvalue weighted by Gasteiger charge is -2.29. The van der Waals surface area contributed by atoms with Crippen molar-refractivity contribution in [2.45, 2.75) is 39.7 Å². The summed E-state index contributed by atoms with van der Waals surface area (Å²) >= 11 is 11.7. The van der Waals surface area contributed by atoms with Crippen LogP contribution in [-0.2, 0) is 16.0 Å². The average molecular weight is 473 g/mol. The number of nitrogens with one attached hydrogen (secondary N) is 1. The van der Waals surface area contributed by atoms with Crippen molar-refractivity contribution in [3.63, 3.8) is 0 Å². The molecule has 2 aromatic rings. The molecule has 2 amide bonds. The van der Waals surface area contributed by atoms with Crippen molar-refractivity contribution in [1.82, 2.24) is 5.32 Å². The van der Waals surface area contributed by atoms with E-state index in [4.69, 9.17) is 33.3 Å². The monoisotopic (exact) mass is 472 g/mol. The predicted molar refractivity (Wildman–Crippen MR) is 130 cm³/mol. The first-order valence-corrected chi connectivity index (χ1v) is 11.1. The van der Waals surface area contributed by atoms with Crippen LogP contribution < -0.4 is 19.7 Å². The van der Waals surface area contributed by atoms with Crippen LogP contribution in [0.1, 0.15) is 38.3 Å². The lowest BCUT2D eigenvalue weighted by atomic mass is 10.1. The highest BCUT2D eigenvalue weighted by Gasteiger charge is 2.34. The van der Waals surface area contributed by atoms with Crippen molar-refractivity contribution in [3.05, 3.63) is 58.1 Å². The van der Waals surface area contributed by atoms with E-state index in [1.807, 2.05) is 32.9 Å². The maximum absolute atomic E-state index is 13.2. The van der Waals surface area contributed by atoms with Gasteiger partial charge >= 0.3 is 0 Å². The summed E-state index contributed by atoms with van der Waals surface area (Å²) in [5.74, 6) is -0.255. The molecule has 3 rings (SSSR count). The molecule has 0 unspecified atom stereocenters. The minimum absolute atomic E-state index is 0.0364. The van der Waals surface area contributed by atoms with Crippen molar-refractivity contribution in [2.75, 3.05) is 12.0 Å². The quantitative estimate of drug-likeness (QED) is 0.352. The number of hydrogen-bond acceptors (Lipinski definition) is 5. The van der Waals surface area contributed by atoms with Gasteiger partial charge in [0.25, 0.3) is 11.8 Å². The zero-order valence-corrected chi connectivity index (χ0v) is 20.0. The predicted octanol–water partition coefficient (Wildman–Crippen LogP) is 4.92. The number of carbonyl (C=O) groups excluding carboxylic acids is 2. The van der Waals surface area contributed by atoms with E-state index in [1.165, 1.54) is 18.1 Å². The second-order valence-electron chi connectivity index (χ2n) is 7.35. The molecule has 0 radical (unpaired) electrons. The topological polar surface area (TPSA) is 67.9 Å². The summed E-state index contributed by atoms with van der Waals surface area (Å²) in [6, 6.07) is 10.8. The molecule has 1 fully saturated rings. The molecule has 1 heterocycles. The molecule has 168 valence electrons. The van der Waals surface area contributed by atoms with Crippen LogP contribution in [0.4, 0.5) is 5.69 Å². The molecule has 0 aliphatic carbocycles. The first kappa shape index (κ1) is 23.8. The molecule has 8 heteroatoms. The molecule has 1 aliphatic rings. The summed E-state index contributed by atoms with van der Waals surface area (Å²) in [5, 5.41) is 2.94. The standard InChI is InChI=1S/C24H25ClN2O4S/c1-5-14(3)31-21-19(25)12-16(13-20(21)30-4)11-18-22(28)26-24(32)27(23(18)29)17-9-7-15(6-2)8-10-17/h7-14H,5-6H2,1-4H3,(H,26,28,32)/b18-11+/t14-/m0/s1. The summed E-state index contributed by atoms with van der Waals surface area (Å²) in [5.41, 5.74) is 2.17. The van der Waals surface area contributed by atoms with Crippen molar-refractivity contribution in [2.24, 2.45) is 0 Å². The van der Waals surface area contributed by atoms with Crippen molar-refractivity contribution in [1.29, 1.82) is 0 Å². The van der Waals surface area contributed by atoms with E-state index in [1.54, 1.807) is 24.3 Å². The summed E-state index contributed by atoms with van der Waals surface area (Å²) in [6.07, 6.45) is 3.09. The van der Waals surface area contributed by atoms with Crippen LogP contribution in [0.3, 0.4) is 0 Å². The molecule has 1 aliphatic heterocycles. The molecule has 1 N–H and O–H groups in total. The van der Waals surface area contributed by atoms with Gasteiger partial charge in [0.1, 0.15) is 5.57 Å². The van der Waals surface area contributed by atoms with E-state index < -0.39 is 11.8 Å². The Kier molecular flexibility index (Phi) is 7.53. The minimum atomic E-state index is -0.573. The fourth-order valence-electron chi connectivity index (χ4n) is 3.16. The van der Waals surface area contributed by atoms with Gasteiger partial charge in [-0.2, -0.15) is 0 Å². The van der Waals surface area contributed by atoms with Crippen LogP contribution in [0.25, 0.3) is 6.08 Å². The molecular formula is C24H25ClN2O4S. The number of nitrogens with zero attached hydrogens (tertiary/aromatic N) is 1. The molecular weight excluding hydrogens is 448 g/mol. The van der Waals surface area contributed by atoms with Gasteiger partial charge in [0.2, 0.25) is 0 Å². The van der Waals surface area contributed by atoms with Crippen LogP contribution >= 0.6 is 23.8 Å². The number of hydrogen-bond donors (Lipinski definition) is 1. The van der Waals surface area contributed by atoms with Gasteiger partial charge in [-0.1, -0.05) is 37.6 Å². The van der Waals surface area contributed by atoms with Gasteiger partial charge in [0.15, 0.2) is 16.6 Å². The molecule has 32 heavy (non-hydrogen) atoms. The number of carbonyl (C=O) groups is 2. The van der Waals surface area contributed by atoms with E-state index in [0.29, 0.717) is 27.8 Å². The van der Waals surface area contributed by atoms with Crippen LogP contribution in [0.5, 0.6) is 11.5 Å². The summed E-state index contributed by atoms with van der Waals surface area (Å²) in [6.45, 7) is 5.98. The number of ether oxygens (including phenoxy) is 2. The molecule has 0 bridgehead atoms. The van der Waals surface area contributed by atoms with Gasteiger partial charge in [-0.25, -0.2) is 0 Å². The Morgan fingerprint density at radius 3 is 2.47 bits per heavy atom. The van der Waals surface area contributed by atoms with Gasteiger partial charge < -0.3 is 9.47 Å². The first-order chi connectivity index (χ1) is 15.3. The number of halogens is 1. The zero-order valence-electron chi connectivity index (χ0n) is 18.4. The molecule has 0 saturated carbocycles. The highest BCUT2D eigenvalue weighted by atomic mass is 35.5. The summed E-state index contributed by atoms with van der Waals surface area (Å²) in [4.78, 5) is 27.1. The summed E-state index contributed by atoms with van der Waals surface area (Å²) in [7, 11) is 1.50. The second kappa shape index (κ2) is 10.1. The molecule has 0 aromatic heterocycles. The van der Waals surface area contributed by atoms with Crippen LogP contribution in [-0.4, -0.2) is 30.1 Å². The number of amides is 2. The number of rotatable bonds is 7. The fourth-order valence-corrected chi connectivity index (χ4v) is 3.71. The fraction of sp³-hybridized carbons (Fsp3) is 0.292. The smallest absolute Gasteiger partial charge is 0.270 e. The SMILES string of the molecule is CCc1ccc(N2C(=O)/C(=C/c3cc(Cl)c(O[C@@H](C)CC)c(OC)c3)C(=O)NC2=S)cc1. The van der Waals surface area contributed by atoms with Crippen LogP contribution in [0.2, 0.25) is 5.02 Å². The largest absolute Gasteiger partial charge is 0.493 e.